The Balaban J connectivity index is 2.25. The standard InChI is InChI=1S/C13H17F2N/c1-8-10(5-6-13(8)16-2)11-4-3-9(14)7-12(11)15/h3-4,7-8,10,13,16H,5-6H2,1-2H3. The van der Waals surface area contributed by atoms with Crippen LogP contribution in [-0.2, 0) is 0 Å². The molecule has 0 radical (unpaired) electrons. The van der Waals surface area contributed by atoms with Crippen LogP contribution in [0.1, 0.15) is 31.2 Å². The molecule has 1 fully saturated rings. The van der Waals surface area contributed by atoms with Crippen LogP contribution in [0, 0.1) is 17.6 Å². The van der Waals surface area contributed by atoms with Gasteiger partial charge in [0, 0.05) is 12.1 Å². The number of rotatable bonds is 2. The van der Waals surface area contributed by atoms with E-state index in [0.29, 0.717) is 17.5 Å². The number of hydrogen-bond acceptors (Lipinski definition) is 1. The van der Waals surface area contributed by atoms with Gasteiger partial charge in [-0.1, -0.05) is 13.0 Å². The molecular weight excluding hydrogens is 208 g/mol. The molecule has 0 aliphatic heterocycles. The van der Waals surface area contributed by atoms with Crippen molar-refractivity contribution in [2.24, 2.45) is 5.92 Å². The summed E-state index contributed by atoms with van der Waals surface area (Å²) in [4.78, 5) is 0. The van der Waals surface area contributed by atoms with Crippen molar-refractivity contribution in [1.82, 2.24) is 5.32 Å². The smallest absolute Gasteiger partial charge is 0.129 e. The number of benzene rings is 1. The van der Waals surface area contributed by atoms with Crippen molar-refractivity contribution >= 4 is 0 Å². The summed E-state index contributed by atoms with van der Waals surface area (Å²) in [5.41, 5.74) is 0.659. The van der Waals surface area contributed by atoms with E-state index in [0.717, 1.165) is 18.9 Å². The first kappa shape index (κ1) is 11.5. The third-order valence-corrected chi connectivity index (χ3v) is 3.79. The highest BCUT2D eigenvalue weighted by Crippen LogP contribution is 2.40. The maximum Gasteiger partial charge on any atom is 0.129 e. The Morgan fingerprint density at radius 1 is 1.25 bits per heavy atom. The van der Waals surface area contributed by atoms with Crippen molar-refractivity contribution in [1.29, 1.82) is 0 Å². The average molecular weight is 225 g/mol. The molecule has 1 aromatic carbocycles. The summed E-state index contributed by atoms with van der Waals surface area (Å²) >= 11 is 0. The summed E-state index contributed by atoms with van der Waals surface area (Å²) in [6.07, 6.45) is 2.02. The Kier molecular flexibility index (Phi) is 3.24. The zero-order valence-electron chi connectivity index (χ0n) is 9.63. The van der Waals surface area contributed by atoms with Crippen LogP contribution >= 0.6 is 0 Å². The zero-order chi connectivity index (χ0) is 11.7. The summed E-state index contributed by atoms with van der Waals surface area (Å²) in [6.45, 7) is 2.13. The Bertz CT molecular complexity index is 378. The molecule has 1 aliphatic rings. The van der Waals surface area contributed by atoms with Crippen molar-refractivity contribution in [3.05, 3.63) is 35.4 Å². The van der Waals surface area contributed by atoms with Crippen LogP contribution < -0.4 is 5.32 Å². The predicted molar refractivity (Wildman–Crippen MR) is 60.3 cm³/mol. The summed E-state index contributed by atoms with van der Waals surface area (Å²) in [5, 5.41) is 3.25. The molecule has 0 bridgehead atoms. The van der Waals surface area contributed by atoms with Crippen molar-refractivity contribution in [2.45, 2.75) is 31.7 Å². The SMILES string of the molecule is CNC1CCC(c2ccc(F)cc2F)C1C. The van der Waals surface area contributed by atoms with Gasteiger partial charge in [-0.3, -0.25) is 0 Å². The fraction of sp³-hybridized carbons (Fsp3) is 0.538. The van der Waals surface area contributed by atoms with E-state index in [1.54, 1.807) is 6.07 Å². The molecule has 1 nitrogen and oxygen atoms in total. The van der Waals surface area contributed by atoms with Crippen molar-refractivity contribution in [3.63, 3.8) is 0 Å². The van der Waals surface area contributed by atoms with Gasteiger partial charge in [0.05, 0.1) is 0 Å². The molecule has 3 heteroatoms. The second kappa shape index (κ2) is 4.50. The van der Waals surface area contributed by atoms with E-state index in [9.17, 15) is 8.78 Å². The molecule has 0 heterocycles. The number of nitrogens with one attached hydrogen (secondary N) is 1. The van der Waals surface area contributed by atoms with E-state index >= 15 is 0 Å². The van der Waals surface area contributed by atoms with Crippen LogP contribution in [0.25, 0.3) is 0 Å². The van der Waals surface area contributed by atoms with Crippen LogP contribution in [0.3, 0.4) is 0 Å². The first-order valence-corrected chi connectivity index (χ1v) is 5.75. The number of hydrogen-bond donors (Lipinski definition) is 1. The highest BCUT2D eigenvalue weighted by molar-refractivity contribution is 5.25. The molecule has 3 atom stereocenters. The average Bonchev–Trinajstić information content (AvgIpc) is 2.60. The molecule has 3 unspecified atom stereocenters. The molecule has 0 spiro atoms. The molecule has 1 saturated carbocycles. The molecular formula is C13H17F2N. The topological polar surface area (TPSA) is 12.0 Å². The monoisotopic (exact) mass is 225 g/mol. The van der Waals surface area contributed by atoms with Crippen molar-refractivity contribution < 1.29 is 8.78 Å². The van der Waals surface area contributed by atoms with E-state index in [-0.39, 0.29) is 5.92 Å². The van der Waals surface area contributed by atoms with Gasteiger partial charge in [-0.2, -0.15) is 0 Å². The molecule has 1 aliphatic carbocycles. The van der Waals surface area contributed by atoms with Crippen LogP contribution in [0.15, 0.2) is 18.2 Å². The normalized spacial score (nSPS) is 29.6. The Morgan fingerprint density at radius 3 is 2.56 bits per heavy atom. The van der Waals surface area contributed by atoms with Gasteiger partial charge in [0.25, 0.3) is 0 Å². The second-order valence-electron chi connectivity index (χ2n) is 4.60. The lowest BCUT2D eigenvalue weighted by Gasteiger charge is -2.21. The molecule has 1 aromatic rings. The lowest BCUT2D eigenvalue weighted by atomic mass is 9.88. The Labute approximate surface area is 94.9 Å². The van der Waals surface area contributed by atoms with Gasteiger partial charge in [0.2, 0.25) is 0 Å². The molecule has 1 N–H and O–H groups in total. The second-order valence-corrected chi connectivity index (χ2v) is 4.60. The van der Waals surface area contributed by atoms with Crippen LogP contribution in [0.5, 0.6) is 0 Å². The van der Waals surface area contributed by atoms with Gasteiger partial charge < -0.3 is 5.32 Å². The fourth-order valence-corrected chi connectivity index (χ4v) is 2.81. The largest absolute Gasteiger partial charge is 0.317 e. The van der Waals surface area contributed by atoms with Gasteiger partial charge in [-0.05, 0) is 43.4 Å². The van der Waals surface area contributed by atoms with Crippen LogP contribution in [0.2, 0.25) is 0 Å². The maximum atomic E-state index is 13.6. The van der Waals surface area contributed by atoms with E-state index in [4.69, 9.17) is 0 Å². The highest BCUT2D eigenvalue weighted by Gasteiger charge is 2.34. The van der Waals surface area contributed by atoms with E-state index < -0.39 is 11.6 Å². The van der Waals surface area contributed by atoms with E-state index in [1.165, 1.54) is 6.07 Å². The van der Waals surface area contributed by atoms with Crippen molar-refractivity contribution in [3.8, 4) is 0 Å². The minimum absolute atomic E-state index is 0.207. The number of halogens is 2. The van der Waals surface area contributed by atoms with Crippen LogP contribution in [0.4, 0.5) is 8.78 Å². The van der Waals surface area contributed by atoms with Crippen molar-refractivity contribution in [2.75, 3.05) is 7.05 Å². The quantitative estimate of drug-likeness (QED) is 0.815. The molecule has 0 aromatic heterocycles. The first-order chi connectivity index (χ1) is 7.63. The van der Waals surface area contributed by atoms with Gasteiger partial charge in [0.15, 0.2) is 0 Å². The van der Waals surface area contributed by atoms with Gasteiger partial charge >= 0.3 is 0 Å². The Hall–Kier alpha value is -0.960. The highest BCUT2D eigenvalue weighted by atomic mass is 19.1. The van der Waals surface area contributed by atoms with Gasteiger partial charge in [-0.15, -0.1) is 0 Å². The summed E-state index contributed by atoms with van der Waals surface area (Å²) < 4.78 is 26.5. The van der Waals surface area contributed by atoms with E-state index in [1.807, 2.05) is 7.05 Å². The van der Waals surface area contributed by atoms with Crippen LogP contribution in [-0.4, -0.2) is 13.1 Å². The summed E-state index contributed by atoms with van der Waals surface area (Å²) in [5.74, 6) is -0.311. The van der Waals surface area contributed by atoms with Gasteiger partial charge in [0.1, 0.15) is 11.6 Å². The Morgan fingerprint density at radius 2 is 2.00 bits per heavy atom. The third-order valence-electron chi connectivity index (χ3n) is 3.79. The summed E-state index contributed by atoms with van der Waals surface area (Å²) in [6, 6.07) is 4.35. The minimum atomic E-state index is -0.503. The fourth-order valence-electron chi connectivity index (χ4n) is 2.81. The molecule has 88 valence electrons. The van der Waals surface area contributed by atoms with Gasteiger partial charge in [-0.25, -0.2) is 8.78 Å². The molecule has 16 heavy (non-hydrogen) atoms. The predicted octanol–water partition coefficient (Wildman–Crippen LogP) is 3.07. The zero-order valence-corrected chi connectivity index (χ0v) is 9.63. The maximum absolute atomic E-state index is 13.6. The first-order valence-electron chi connectivity index (χ1n) is 5.75. The lowest BCUT2D eigenvalue weighted by Crippen LogP contribution is -2.29. The minimum Gasteiger partial charge on any atom is -0.317 e. The molecule has 2 rings (SSSR count). The summed E-state index contributed by atoms with van der Waals surface area (Å²) in [7, 11) is 1.94. The third kappa shape index (κ3) is 1.96. The lowest BCUT2D eigenvalue weighted by molar-refractivity contribution is 0.419. The molecule has 0 saturated heterocycles. The van der Waals surface area contributed by atoms with E-state index in [2.05, 4.69) is 12.2 Å². The molecule has 0 amide bonds.